The van der Waals surface area contributed by atoms with Crippen LogP contribution in [0.3, 0.4) is 0 Å². The van der Waals surface area contributed by atoms with Crippen LogP contribution < -0.4 is 5.32 Å². The normalized spacial score (nSPS) is 15.9. The molecule has 0 spiro atoms. The van der Waals surface area contributed by atoms with E-state index in [2.05, 4.69) is 5.32 Å². The van der Waals surface area contributed by atoms with Gasteiger partial charge in [-0.15, -0.1) is 11.6 Å². The molecular weight excluding hydrogens is 338 g/mol. The molecule has 0 radical (unpaired) electrons. The smallest absolute Gasteiger partial charge is 0.275 e. The van der Waals surface area contributed by atoms with Gasteiger partial charge in [0.25, 0.3) is 11.6 Å². The lowest BCUT2D eigenvalue weighted by Gasteiger charge is -2.27. The Labute approximate surface area is 144 Å². The van der Waals surface area contributed by atoms with E-state index < -0.39 is 11.0 Å². The Morgan fingerprint density at radius 3 is 2.75 bits per heavy atom. The van der Waals surface area contributed by atoms with Crippen molar-refractivity contribution in [3.05, 3.63) is 33.4 Å². The predicted molar refractivity (Wildman–Crippen MR) is 89.8 cm³/mol. The van der Waals surface area contributed by atoms with Crippen molar-refractivity contribution < 1.29 is 19.6 Å². The maximum absolute atomic E-state index is 12.6. The molecule has 2 N–H and O–H groups in total. The molecule has 1 aromatic rings. The fraction of sp³-hybridized carbons (Fsp3) is 0.533. The van der Waals surface area contributed by atoms with Gasteiger partial charge in [0.05, 0.1) is 30.1 Å². The molecule has 0 bridgehead atoms. The quantitative estimate of drug-likeness (QED) is 0.453. The van der Waals surface area contributed by atoms with Gasteiger partial charge >= 0.3 is 0 Å². The first-order valence-electron chi connectivity index (χ1n) is 7.58. The monoisotopic (exact) mass is 357 g/mol. The number of carbonyl (C=O) groups is 1. The summed E-state index contributed by atoms with van der Waals surface area (Å²) in [6.07, 6.45) is -0.788. The molecule has 1 amide bonds. The number of ether oxygens (including phenoxy) is 1. The van der Waals surface area contributed by atoms with Crippen LogP contribution in [0.4, 0.5) is 11.4 Å². The largest absolute Gasteiger partial charge is 0.390 e. The van der Waals surface area contributed by atoms with E-state index in [1.165, 1.54) is 6.07 Å². The van der Waals surface area contributed by atoms with E-state index in [1.807, 2.05) is 0 Å². The Kier molecular flexibility index (Phi) is 6.36. The molecule has 9 heteroatoms. The summed E-state index contributed by atoms with van der Waals surface area (Å²) in [5, 5.41) is 23.8. The third-order valence-corrected chi connectivity index (χ3v) is 4.18. The molecule has 1 aliphatic heterocycles. The van der Waals surface area contributed by atoms with Gasteiger partial charge in [-0.1, -0.05) is 0 Å². The molecule has 1 unspecified atom stereocenters. The van der Waals surface area contributed by atoms with Crippen LogP contribution in [-0.2, 0) is 4.74 Å². The highest BCUT2D eigenvalue weighted by molar-refractivity contribution is 6.18. The number of anilines is 1. The van der Waals surface area contributed by atoms with Gasteiger partial charge in [0.1, 0.15) is 0 Å². The maximum Gasteiger partial charge on any atom is 0.275 e. The molecule has 0 aromatic heterocycles. The molecular formula is C15H20ClN3O5. The highest BCUT2D eigenvalue weighted by Gasteiger charge is 2.24. The zero-order valence-corrected chi connectivity index (χ0v) is 14.1. The van der Waals surface area contributed by atoms with Crippen LogP contribution in [0.25, 0.3) is 0 Å². The lowest BCUT2D eigenvalue weighted by atomic mass is 10.1. The van der Waals surface area contributed by atoms with E-state index in [0.29, 0.717) is 37.6 Å². The highest BCUT2D eigenvalue weighted by atomic mass is 35.5. The Hall–Kier alpha value is -1.90. The summed E-state index contributed by atoms with van der Waals surface area (Å²) in [7, 11) is 0. The first-order valence-corrected chi connectivity index (χ1v) is 8.11. The summed E-state index contributed by atoms with van der Waals surface area (Å²) >= 11 is 5.55. The number of nitro groups is 1. The molecule has 24 heavy (non-hydrogen) atoms. The van der Waals surface area contributed by atoms with E-state index >= 15 is 0 Å². The number of amides is 1. The topological polar surface area (TPSA) is 105 Å². The lowest BCUT2D eigenvalue weighted by Crippen LogP contribution is -2.40. The number of aliphatic hydroxyl groups excluding tert-OH is 1. The SMILES string of the molecule is Cc1c(NCC(O)CCl)cc(C(=O)N2CCOCC2)cc1[N+](=O)[O-]. The Morgan fingerprint density at radius 1 is 1.50 bits per heavy atom. The Morgan fingerprint density at radius 2 is 2.17 bits per heavy atom. The molecule has 1 heterocycles. The summed E-state index contributed by atoms with van der Waals surface area (Å²) in [4.78, 5) is 25.0. The second kappa shape index (κ2) is 8.27. The average molecular weight is 358 g/mol. The number of alkyl halides is 1. The van der Waals surface area contributed by atoms with Gasteiger partial charge in [0.2, 0.25) is 0 Å². The summed E-state index contributed by atoms with van der Waals surface area (Å²) in [6.45, 7) is 3.54. The van der Waals surface area contributed by atoms with Crippen molar-refractivity contribution in [1.29, 1.82) is 0 Å². The van der Waals surface area contributed by atoms with E-state index in [0.717, 1.165) is 0 Å². The number of benzene rings is 1. The van der Waals surface area contributed by atoms with Gasteiger partial charge in [-0.2, -0.15) is 0 Å². The number of carbonyl (C=O) groups excluding carboxylic acids is 1. The molecule has 1 aliphatic rings. The molecule has 1 aromatic carbocycles. The number of halogens is 1. The minimum absolute atomic E-state index is 0.0422. The van der Waals surface area contributed by atoms with Crippen LogP contribution in [0.15, 0.2) is 12.1 Å². The number of nitrogens with zero attached hydrogens (tertiary/aromatic N) is 2. The van der Waals surface area contributed by atoms with Gasteiger partial charge in [0.15, 0.2) is 0 Å². The number of hydrogen-bond acceptors (Lipinski definition) is 6. The van der Waals surface area contributed by atoms with E-state index in [4.69, 9.17) is 16.3 Å². The van der Waals surface area contributed by atoms with Gasteiger partial charge in [-0.3, -0.25) is 14.9 Å². The number of nitro benzene ring substituents is 1. The number of aliphatic hydroxyl groups is 1. The third-order valence-electron chi connectivity index (χ3n) is 3.83. The number of morpholine rings is 1. The minimum atomic E-state index is -0.788. The molecule has 132 valence electrons. The fourth-order valence-corrected chi connectivity index (χ4v) is 2.54. The third kappa shape index (κ3) is 4.34. The van der Waals surface area contributed by atoms with Gasteiger partial charge in [-0.25, -0.2) is 0 Å². The van der Waals surface area contributed by atoms with E-state index in [1.54, 1.807) is 17.9 Å². The van der Waals surface area contributed by atoms with Crippen LogP contribution >= 0.6 is 11.6 Å². The Balaban J connectivity index is 2.31. The van der Waals surface area contributed by atoms with Crippen LogP contribution in [0.2, 0.25) is 0 Å². The standard InChI is InChI=1S/C15H20ClN3O5/c1-10-13(17-9-12(20)8-16)6-11(7-14(10)19(22)23)15(21)18-2-4-24-5-3-18/h6-7,12,17,20H,2-5,8-9H2,1H3. The fourth-order valence-electron chi connectivity index (χ4n) is 2.43. The number of nitrogens with one attached hydrogen (secondary N) is 1. The van der Waals surface area contributed by atoms with E-state index in [9.17, 15) is 20.0 Å². The second-order valence-corrected chi connectivity index (χ2v) is 5.83. The highest BCUT2D eigenvalue weighted by Crippen LogP contribution is 2.28. The minimum Gasteiger partial charge on any atom is -0.390 e. The van der Waals surface area contributed by atoms with Crippen molar-refractivity contribution in [2.45, 2.75) is 13.0 Å². The zero-order chi connectivity index (χ0) is 17.7. The number of rotatable bonds is 6. The summed E-state index contributed by atoms with van der Waals surface area (Å²) in [5.74, 6) is -0.233. The first-order chi connectivity index (χ1) is 11.4. The van der Waals surface area contributed by atoms with Crippen LogP contribution in [0.1, 0.15) is 15.9 Å². The Bertz CT molecular complexity index is 619. The zero-order valence-electron chi connectivity index (χ0n) is 13.3. The summed E-state index contributed by atoms with van der Waals surface area (Å²) in [6, 6.07) is 2.86. The summed E-state index contributed by atoms with van der Waals surface area (Å²) < 4.78 is 5.21. The maximum atomic E-state index is 12.6. The molecule has 1 fully saturated rings. The average Bonchev–Trinajstić information content (AvgIpc) is 2.60. The van der Waals surface area contributed by atoms with Crippen LogP contribution in [-0.4, -0.2) is 65.7 Å². The van der Waals surface area contributed by atoms with Crippen molar-refractivity contribution in [2.24, 2.45) is 0 Å². The molecule has 0 aliphatic carbocycles. The molecule has 8 nitrogen and oxygen atoms in total. The molecule has 2 rings (SSSR count). The molecule has 0 saturated carbocycles. The molecule has 1 saturated heterocycles. The lowest BCUT2D eigenvalue weighted by molar-refractivity contribution is -0.385. The van der Waals surface area contributed by atoms with E-state index in [-0.39, 0.29) is 29.6 Å². The van der Waals surface area contributed by atoms with Gasteiger partial charge < -0.3 is 20.1 Å². The molecule has 1 atom stereocenters. The number of hydrogen-bond donors (Lipinski definition) is 2. The van der Waals surface area contributed by atoms with Crippen LogP contribution in [0.5, 0.6) is 0 Å². The van der Waals surface area contributed by atoms with Crippen molar-refractivity contribution >= 4 is 28.9 Å². The van der Waals surface area contributed by atoms with Gasteiger partial charge in [0, 0.05) is 42.5 Å². The predicted octanol–water partition coefficient (Wildman–Crippen LogP) is 1.39. The van der Waals surface area contributed by atoms with Crippen molar-refractivity contribution in [3.63, 3.8) is 0 Å². The van der Waals surface area contributed by atoms with Crippen molar-refractivity contribution in [2.75, 3.05) is 44.0 Å². The van der Waals surface area contributed by atoms with Crippen molar-refractivity contribution in [1.82, 2.24) is 4.90 Å². The second-order valence-electron chi connectivity index (χ2n) is 5.52. The van der Waals surface area contributed by atoms with Gasteiger partial charge in [-0.05, 0) is 13.0 Å². The summed E-state index contributed by atoms with van der Waals surface area (Å²) in [5.41, 5.74) is 0.930. The first kappa shape index (κ1) is 18.4. The van der Waals surface area contributed by atoms with Crippen LogP contribution in [0, 0.1) is 17.0 Å². The van der Waals surface area contributed by atoms with Crippen molar-refractivity contribution in [3.8, 4) is 0 Å².